The lowest BCUT2D eigenvalue weighted by atomic mass is 10.2. The summed E-state index contributed by atoms with van der Waals surface area (Å²) in [5.74, 6) is -0.367. The number of benzene rings is 1. The van der Waals surface area contributed by atoms with Crippen molar-refractivity contribution in [2.24, 2.45) is 0 Å². The van der Waals surface area contributed by atoms with E-state index in [-0.39, 0.29) is 11.6 Å². The fourth-order valence-corrected chi connectivity index (χ4v) is 1.13. The Bertz CT molecular complexity index is 330. The van der Waals surface area contributed by atoms with Crippen molar-refractivity contribution in [1.29, 1.82) is 0 Å². The van der Waals surface area contributed by atoms with Crippen molar-refractivity contribution in [3.05, 3.63) is 29.6 Å². The van der Waals surface area contributed by atoms with E-state index in [0.29, 0.717) is 5.56 Å². The molecule has 5 heteroatoms. The van der Waals surface area contributed by atoms with E-state index in [1.807, 2.05) is 0 Å². The molecule has 0 spiro atoms. The minimum atomic E-state index is -1.24. The van der Waals surface area contributed by atoms with E-state index in [9.17, 15) is 9.18 Å². The fourth-order valence-electron chi connectivity index (χ4n) is 0.897. The molecule has 1 rings (SSSR count). The quantitative estimate of drug-likeness (QED) is 0.726. The third kappa shape index (κ3) is 2.59. The number of hydrogen-bond donors (Lipinski definition) is 2. The molecule has 0 aliphatic rings. The zero-order chi connectivity index (χ0) is 9.84. The Morgan fingerprint density at radius 2 is 2.31 bits per heavy atom. The van der Waals surface area contributed by atoms with Crippen molar-refractivity contribution in [3.8, 4) is 0 Å². The first-order chi connectivity index (χ1) is 6.13. The molecular weight excluding hydrogens is 197 g/mol. The molecule has 70 valence electrons. The first kappa shape index (κ1) is 9.80. The monoisotopic (exact) mass is 203 g/mol. The highest BCUT2D eigenvalue weighted by Crippen LogP contribution is 2.18. The number of carbonyl (C=O) groups is 1. The van der Waals surface area contributed by atoms with Gasteiger partial charge in [0.1, 0.15) is 5.82 Å². The Balaban J connectivity index is 3.01. The lowest BCUT2D eigenvalue weighted by Crippen LogP contribution is -2.09. The number of anilines is 1. The zero-order valence-electron chi connectivity index (χ0n) is 6.55. The van der Waals surface area contributed by atoms with Crippen LogP contribution in [0.25, 0.3) is 0 Å². The molecule has 0 aliphatic carbocycles. The van der Waals surface area contributed by atoms with E-state index >= 15 is 0 Å². The SMILES string of the molecule is O=C(O)Nc1cc(F)ccc1CCl. The molecule has 1 aromatic rings. The average molecular weight is 204 g/mol. The van der Waals surface area contributed by atoms with Gasteiger partial charge in [0.25, 0.3) is 0 Å². The van der Waals surface area contributed by atoms with Crippen molar-refractivity contribution >= 4 is 23.4 Å². The van der Waals surface area contributed by atoms with Crippen LogP contribution >= 0.6 is 11.6 Å². The van der Waals surface area contributed by atoms with Gasteiger partial charge in [0.05, 0.1) is 5.69 Å². The molecule has 0 aliphatic heterocycles. The summed E-state index contributed by atoms with van der Waals surface area (Å²) in [5, 5.41) is 10.5. The number of halogens is 2. The van der Waals surface area contributed by atoms with Gasteiger partial charge >= 0.3 is 6.09 Å². The van der Waals surface area contributed by atoms with Gasteiger partial charge in [0, 0.05) is 5.88 Å². The van der Waals surface area contributed by atoms with Crippen LogP contribution in [0.1, 0.15) is 5.56 Å². The molecule has 2 N–H and O–H groups in total. The van der Waals surface area contributed by atoms with Gasteiger partial charge in [-0.3, -0.25) is 5.32 Å². The summed E-state index contributed by atoms with van der Waals surface area (Å²) >= 11 is 5.51. The maximum Gasteiger partial charge on any atom is 0.409 e. The molecule has 0 saturated heterocycles. The van der Waals surface area contributed by atoms with Crippen molar-refractivity contribution in [2.75, 3.05) is 5.32 Å². The Morgan fingerprint density at radius 3 is 2.85 bits per heavy atom. The molecule has 0 fully saturated rings. The fraction of sp³-hybridized carbons (Fsp3) is 0.125. The van der Waals surface area contributed by atoms with Crippen molar-refractivity contribution in [3.63, 3.8) is 0 Å². The molecule has 0 aromatic heterocycles. The van der Waals surface area contributed by atoms with Gasteiger partial charge < -0.3 is 5.11 Å². The predicted octanol–water partition coefficient (Wildman–Crippen LogP) is 2.65. The summed E-state index contributed by atoms with van der Waals surface area (Å²) in [4.78, 5) is 10.3. The largest absolute Gasteiger partial charge is 0.465 e. The second kappa shape index (κ2) is 4.09. The highest BCUT2D eigenvalue weighted by atomic mass is 35.5. The summed E-state index contributed by atoms with van der Waals surface area (Å²) in [6.07, 6.45) is -1.24. The summed E-state index contributed by atoms with van der Waals surface area (Å²) in [6.45, 7) is 0. The minimum Gasteiger partial charge on any atom is -0.465 e. The normalized spacial score (nSPS) is 9.69. The van der Waals surface area contributed by atoms with Crippen LogP contribution in [0, 0.1) is 5.82 Å². The molecule has 0 atom stereocenters. The highest BCUT2D eigenvalue weighted by molar-refractivity contribution is 6.17. The van der Waals surface area contributed by atoms with Crippen LogP contribution in [-0.4, -0.2) is 11.2 Å². The van der Waals surface area contributed by atoms with Crippen LogP contribution in [0.2, 0.25) is 0 Å². The van der Waals surface area contributed by atoms with E-state index in [1.54, 1.807) is 0 Å². The third-order valence-corrected chi connectivity index (χ3v) is 1.75. The van der Waals surface area contributed by atoms with E-state index < -0.39 is 11.9 Å². The molecule has 0 saturated carbocycles. The first-order valence-electron chi connectivity index (χ1n) is 3.48. The lowest BCUT2D eigenvalue weighted by molar-refractivity contribution is 0.209. The van der Waals surface area contributed by atoms with Crippen LogP contribution in [0.3, 0.4) is 0 Å². The van der Waals surface area contributed by atoms with Gasteiger partial charge in [-0.2, -0.15) is 0 Å². The number of alkyl halides is 1. The smallest absolute Gasteiger partial charge is 0.409 e. The Morgan fingerprint density at radius 1 is 1.62 bits per heavy atom. The number of hydrogen-bond acceptors (Lipinski definition) is 1. The van der Waals surface area contributed by atoms with Crippen molar-refractivity contribution in [2.45, 2.75) is 5.88 Å². The predicted molar refractivity (Wildman–Crippen MR) is 47.6 cm³/mol. The van der Waals surface area contributed by atoms with Gasteiger partial charge in [-0.25, -0.2) is 9.18 Å². The summed E-state index contributed by atoms with van der Waals surface area (Å²) in [7, 11) is 0. The van der Waals surface area contributed by atoms with Gasteiger partial charge in [-0.1, -0.05) is 6.07 Å². The van der Waals surface area contributed by atoms with Crippen LogP contribution in [0.5, 0.6) is 0 Å². The van der Waals surface area contributed by atoms with Crippen molar-refractivity contribution < 1.29 is 14.3 Å². The first-order valence-corrected chi connectivity index (χ1v) is 4.01. The topological polar surface area (TPSA) is 49.3 Å². The molecular formula is C8H7ClFNO2. The molecule has 0 unspecified atom stereocenters. The third-order valence-electron chi connectivity index (χ3n) is 1.46. The summed E-state index contributed by atoms with van der Waals surface area (Å²) in [5.41, 5.74) is 0.730. The van der Waals surface area contributed by atoms with E-state index in [1.165, 1.54) is 12.1 Å². The summed E-state index contributed by atoms with van der Waals surface area (Å²) in [6, 6.07) is 3.75. The Hall–Kier alpha value is -1.29. The highest BCUT2D eigenvalue weighted by Gasteiger charge is 2.05. The van der Waals surface area contributed by atoms with Gasteiger partial charge in [0.15, 0.2) is 0 Å². The van der Waals surface area contributed by atoms with Crippen LogP contribution < -0.4 is 5.32 Å². The molecule has 1 aromatic carbocycles. The Kier molecular flexibility index (Phi) is 3.08. The van der Waals surface area contributed by atoms with Crippen LogP contribution in [-0.2, 0) is 5.88 Å². The van der Waals surface area contributed by atoms with E-state index in [4.69, 9.17) is 16.7 Å². The molecule has 0 bridgehead atoms. The molecule has 13 heavy (non-hydrogen) atoms. The standard InChI is InChI=1S/C8H7ClFNO2/c9-4-5-1-2-6(10)3-7(5)11-8(12)13/h1-3,11H,4H2,(H,12,13). The maximum atomic E-state index is 12.7. The number of rotatable bonds is 2. The van der Waals surface area contributed by atoms with Gasteiger partial charge in [-0.05, 0) is 17.7 Å². The van der Waals surface area contributed by atoms with Gasteiger partial charge in [-0.15, -0.1) is 11.6 Å². The maximum absolute atomic E-state index is 12.7. The van der Waals surface area contributed by atoms with Gasteiger partial charge in [0.2, 0.25) is 0 Å². The second-order valence-corrected chi connectivity index (χ2v) is 2.63. The van der Waals surface area contributed by atoms with Crippen molar-refractivity contribution in [1.82, 2.24) is 0 Å². The average Bonchev–Trinajstić information content (AvgIpc) is 2.03. The number of amides is 1. The zero-order valence-corrected chi connectivity index (χ0v) is 7.31. The van der Waals surface area contributed by atoms with E-state index in [2.05, 4.69) is 5.32 Å². The lowest BCUT2D eigenvalue weighted by Gasteiger charge is -2.05. The van der Waals surface area contributed by atoms with Crippen LogP contribution in [0.15, 0.2) is 18.2 Å². The molecule has 0 heterocycles. The second-order valence-electron chi connectivity index (χ2n) is 2.37. The molecule has 0 radical (unpaired) electrons. The molecule has 1 amide bonds. The summed E-state index contributed by atoms with van der Waals surface area (Å²) < 4.78 is 12.7. The number of nitrogens with one attached hydrogen (secondary N) is 1. The Labute approximate surface area is 79.1 Å². The van der Waals surface area contributed by atoms with Crippen LogP contribution in [0.4, 0.5) is 14.9 Å². The number of carboxylic acid groups (broad SMARTS) is 1. The molecule has 3 nitrogen and oxygen atoms in total. The van der Waals surface area contributed by atoms with E-state index in [0.717, 1.165) is 6.07 Å². The minimum absolute atomic E-state index is 0.135.